The van der Waals surface area contributed by atoms with Crippen LogP contribution in [0.4, 0.5) is 10.2 Å². The highest BCUT2D eigenvalue weighted by Crippen LogP contribution is 2.23. The van der Waals surface area contributed by atoms with Gasteiger partial charge in [-0.15, -0.1) is 0 Å². The summed E-state index contributed by atoms with van der Waals surface area (Å²) in [5.74, 6) is 0.176. The van der Waals surface area contributed by atoms with E-state index in [4.69, 9.17) is 0 Å². The number of amides is 2. The Labute approximate surface area is 169 Å². The monoisotopic (exact) mass is 396 g/mol. The molecule has 152 valence electrons. The highest BCUT2D eigenvalue weighted by atomic mass is 19.1. The van der Waals surface area contributed by atoms with Gasteiger partial charge in [0.05, 0.1) is 11.5 Å². The molecule has 29 heavy (non-hydrogen) atoms. The van der Waals surface area contributed by atoms with E-state index >= 15 is 0 Å². The lowest BCUT2D eigenvalue weighted by Crippen LogP contribution is -2.53. The van der Waals surface area contributed by atoms with Crippen molar-refractivity contribution in [1.29, 1.82) is 0 Å². The van der Waals surface area contributed by atoms with Crippen LogP contribution in [-0.2, 0) is 4.79 Å². The van der Waals surface area contributed by atoms with Crippen molar-refractivity contribution in [2.75, 3.05) is 44.2 Å². The van der Waals surface area contributed by atoms with Gasteiger partial charge in [-0.2, -0.15) is 0 Å². The second kappa shape index (κ2) is 8.59. The largest absolute Gasteiger partial charge is 0.356 e. The lowest BCUT2D eigenvalue weighted by Gasteiger charge is -2.39. The van der Waals surface area contributed by atoms with Gasteiger partial charge < -0.3 is 14.7 Å². The number of hydrogen-bond acceptors (Lipinski definition) is 4. The molecular formula is C22H25FN4O2. The smallest absolute Gasteiger partial charge is 0.256 e. The molecule has 2 aliphatic heterocycles. The van der Waals surface area contributed by atoms with Crippen LogP contribution >= 0.6 is 0 Å². The van der Waals surface area contributed by atoms with Gasteiger partial charge in [-0.1, -0.05) is 18.2 Å². The number of nitrogens with zero attached hydrogens (tertiary/aromatic N) is 4. The first kappa shape index (κ1) is 19.4. The van der Waals surface area contributed by atoms with Gasteiger partial charge in [0, 0.05) is 45.5 Å². The summed E-state index contributed by atoms with van der Waals surface area (Å²) in [4.78, 5) is 35.7. The molecule has 0 spiro atoms. The number of benzene rings is 1. The zero-order chi connectivity index (χ0) is 20.2. The van der Waals surface area contributed by atoms with Crippen molar-refractivity contribution in [3.8, 4) is 0 Å². The molecule has 0 N–H and O–H groups in total. The third-order valence-electron chi connectivity index (χ3n) is 5.73. The van der Waals surface area contributed by atoms with Crippen molar-refractivity contribution >= 4 is 17.6 Å². The van der Waals surface area contributed by atoms with E-state index in [1.165, 1.54) is 12.1 Å². The van der Waals surface area contributed by atoms with E-state index in [9.17, 15) is 14.0 Å². The van der Waals surface area contributed by atoms with E-state index in [2.05, 4.69) is 9.88 Å². The SMILES string of the molecule is O=C(c1ccccc1F)N1CCN(C(=O)C2CCCN(c3ccccn3)C2)CC1. The number of aromatic nitrogens is 1. The Morgan fingerprint density at radius 3 is 2.38 bits per heavy atom. The number of anilines is 1. The molecule has 0 aliphatic carbocycles. The molecule has 2 aromatic rings. The van der Waals surface area contributed by atoms with Gasteiger partial charge in [0.2, 0.25) is 5.91 Å². The molecule has 2 saturated heterocycles. The summed E-state index contributed by atoms with van der Waals surface area (Å²) in [5, 5.41) is 0. The number of hydrogen-bond donors (Lipinski definition) is 0. The molecule has 0 radical (unpaired) electrons. The number of carbonyl (C=O) groups is 2. The van der Waals surface area contributed by atoms with Gasteiger partial charge in [0.1, 0.15) is 11.6 Å². The Kier molecular flexibility index (Phi) is 5.74. The van der Waals surface area contributed by atoms with E-state index in [1.807, 2.05) is 23.1 Å². The Balaban J connectivity index is 1.34. The number of pyridine rings is 1. The quantitative estimate of drug-likeness (QED) is 0.800. The summed E-state index contributed by atoms with van der Waals surface area (Å²) in [7, 11) is 0. The second-order valence-corrected chi connectivity index (χ2v) is 7.57. The fourth-order valence-corrected chi connectivity index (χ4v) is 4.12. The molecule has 1 aromatic carbocycles. The molecule has 2 fully saturated rings. The van der Waals surface area contributed by atoms with Crippen LogP contribution in [0.15, 0.2) is 48.7 Å². The number of piperidine rings is 1. The molecule has 1 atom stereocenters. The molecule has 4 rings (SSSR count). The zero-order valence-corrected chi connectivity index (χ0v) is 16.3. The third kappa shape index (κ3) is 4.23. The van der Waals surface area contributed by atoms with Crippen LogP contribution in [-0.4, -0.2) is 65.9 Å². The maximum atomic E-state index is 13.9. The maximum absolute atomic E-state index is 13.9. The van der Waals surface area contributed by atoms with Crippen LogP contribution < -0.4 is 4.90 Å². The first-order valence-electron chi connectivity index (χ1n) is 10.1. The Morgan fingerprint density at radius 1 is 0.931 bits per heavy atom. The van der Waals surface area contributed by atoms with Crippen LogP contribution in [0, 0.1) is 11.7 Å². The van der Waals surface area contributed by atoms with Gasteiger partial charge in [-0.05, 0) is 37.1 Å². The summed E-state index contributed by atoms with van der Waals surface area (Å²) >= 11 is 0. The fourth-order valence-electron chi connectivity index (χ4n) is 4.12. The fraction of sp³-hybridized carbons (Fsp3) is 0.409. The van der Waals surface area contributed by atoms with Gasteiger partial charge in [0.25, 0.3) is 5.91 Å². The Hall–Kier alpha value is -2.96. The average molecular weight is 396 g/mol. The van der Waals surface area contributed by atoms with Crippen molar-refractivity contribution in [3.05, 3.63) is 60.0 Å². The predicted molar refractivity (Wildman–Crippen MR) is 108 cm³/mol. The van der Waals surface area contributed by atoms with Crippen LogP contribution in [0.5, 0.6) is 0 Å². The summed E-state index contributed by atoms with van der Waals surface area (Å²) in [6.45, 7) is 3.40. The van der Waals surface area contributed by atoms with Gasteiger partial charge in [-0.25, -0.2) is 9.37 Å². The lowest BCUT2D eigenvalue weighted by atomic mass is 9.96. The zero-order valence-electron chi connectivity index (χ0n) is 16.3. The lowest BCUT2D eigenvalue weighted by molar-refractivity contribution is -0.137. The van der Waals surface area contributed by atoms with Crippen molar-refractivity contribution in [2.24, 2.45) is 5.92 Å². The molecule has 0 bridgehead atoms. The average Bonchev–Trinajstić information content (AvgIpc) is 2.79. The van der Waals surface area contributed by atoms with E-state index in [0.29, 0.717) is 32.7 Å². The van der Waals surface area contributed by atoms with E-state index < -0.39 is 5.82 Å². The molecule has 0 saturated carbocycles. The number of rotatable bonds is 3. The topological polar surface area (TPSA) is 56.8 Å². The molecule has 3 heterocycles. The van der Waals surface area contributed by atoms with E-state index in [-0.39, 0.29) is 23.3 Å². The van der Waals surface area contributed by atoms with Crippen LogP contribution in [0.25, 0.3) is 0 Å². The Bertz CT molecular complexity index is 868. The van der Waals surface area contributed by atoms with Gasteiger partial charge in [-0.3, -0.25) is 9.59 Å². The van der Waals surface area contributed by atoms with E-state index in [0.717, 1.165) is 25.2 Å². The minimum atomic E-state index is -0.507. The molecule has 2 amide bonds. The Morgan fingerprint density at radius 2 is 1.66 bits per heavy atom. The van der Waals surface area contributed by atoms with Crippen LogP contribution in [0.2, 0.25) is 0 Å². The van der Waals surface area contributed by atoms with Gasteiger partial charge >= 0.3 is 0 Å². The summed E-state index contributed by atoms with van der Waals surface area (Å²) in [6, 6.07) is 11.8. The summed E-state index contributed by atoms with van der Waals surface area (Å²) in [6.07, 6.45) is 3.60. The van der Waals surface area contributed by atoms with Gasteiger partial charge in [0.15, 0.2) is 0 Å². The summed E-state index contributed by atoms with van der Waals surface area (Å²) < 4.78 is 13.9. The van der Waals surface area contributed by atoms with Crippen molar-refractivity contribution in [3.63, 3.8) is 0 Å². The first-order chi connectivity index (χ1) is 14.1. The minimum absolute atomic E-state index is 0.0559. The maximum Gasteiger partial charge on any atom is 0.256 e. The summed E-state index contributed by atoms with van der Waals surface area (Å²) in [5.41, 5.74) is 0.0885. The van der Waals surface area contributed by atoms with Crippen molar-refractivity contribution in [2.45, 2.75) is 12.8 Å². The molecular weight excluding hydrogens is 371 g/mol. The molecule has 6 nitrogen and oxygen atoms in total. The van der Waals surface area contributed by atoms with Crippen LogP contribution in [0.1, 0.15) is 23.2 Å². The molecule has 2 aliphatic rings. The van der Waals surface area contributed by atoms with Crippen molar-refractivity contribution in [1.82, 2.24) is 14.8 Å². The highest BCUT2D eigenvalue weighted by Gasteiger charge is 2.32. The molecule has 7 heteroatoms. The third-order valence-corrected chi connectivity index (χ3v) is 5.73. The minimum Gasteiger partial charge on any atom is -0.356 e. The highest BCUT2D eigenvalue weighted by molar-refractivity contribution is 5.94. The number of halogens is 1. The number of carbonyl (C=O) groups excluding carboxylic acids is 2. The normalized spacial score (nSPS) is 19.9. The molecule has 1 unspecified atom stereocenters. The predicted octanol–water partition coefficient (Wildman–Crippen LogP) is 2.42. The van der Waals surface area contributed by atoms with Crippen molar-refractivity contribution < 1.29 is 14.0 Å². The molecule has 1 aromatic heterocycles. The standard InChI is InChI=1S/C22H25FN4O2/c23-19-8-2-1-7-18(19)22(29)26-14-12-25(13-15-26)21(28)17-6-5-11-27(16-17)20-9-3-4-10-24-20/h1-4,7-10,17H,5-6,11-16H2. The van der Waals surface area contributed by atoms with Crippen LogP contribution in [0.3, 0.4) is 0 Å². The first-order valence-corrected chi connectivity index (χ1v) is 10.1. The number of piperazine rings is 1. The second-order valence-electron chi connectivity index (χ2n) is 7.57. The van der Waals surface area contributed by atoms with E-state index in [1.54, 1.807) is 23.2 Å².